The number of carbonyl (C=O) groups excluding carboxylic acids is 2. The second-order valence-electron chi connectivity index (χ2n) is 9.47. The van der Waals surface area contributed by atoms with E-state index in [1.54, 1.807) is 4.90 Å². The molecule has 28 heavy (non-hydrogen) atoms. The summed E-state index contributed by atoms with van der Waals surface area (Å²) in [4.78, 5) is 26.6. The lowest BCUT2D eigenvalue weighted by Gasteiger charge is -2.34. The molecule has 2 aliphatic rings. The number of nitrogens with zero attached hydrogens (tertiary/aromatic N) is 1. The van der Waals surface area contributed by atoms with Crippen LogP contribution in [0.5, 0.6) is 0 Å². The molecule has 0 unspecified atom stereocenters. The Morgan fingerprint density at radius 1 is 1.18 bits per heavy atom. The van der Waals surface area contributed by atoms with Crippen LogP contribution in [0.1, 0.15) is 76.6 Å². The van der Waals surface area contributed by atoms with Crippen LogP contribution in [-0.4, -0.2) is 35.5 Å². The van der Waals surface area contributed by atoms with Crippen LogP contribution in [-0.2, 0) is 27.8 Å². The highest BCUT2D eigenvalue weighted by molar-refractivity contribution is 5.92. The molecule has 1 aromatic carbocycles. The number of aryl methyl sites for hydroxylation is 2. The molecule has 0 radical (unpaired) electrons. The maximum atomic E-state index is 12.5. The number of ether oxygens (including phenoxy) is 1. The maximum Gasteiger partial charge on any atom is 0.410 e. The zero-order chi connectivity index (χ0) is 20.7. The smallest absolute Gasteiger partial charge is 0.410 e. The van der Waals surface area contributed by atoms with Crippen molar-refractivity contribution in [3.63, 3.8) is 0 Å². The van der Waals surface area contributed by atoms with E-state index in [0.717, 1.165) is 19.3 Å². The van der Waals surface area contributed by atoms with Gasteiger partial charge in [-0.2, -0.15) is 0 Å². The molecule has 1 aliphatic carbocycles. The molecule has 4 nitrogen and oxygen atoms in total. The van der Waals surface area contributed by atoms with Crippen LogP contribution < -0.4 is 0 Å². The number of rotatable bonds is 2. The van der Waals surface area contributed by atoms with Gasteiger partial charge in [0.05, 0.1) is 0 Å². The monoisotopic (exact) mass is 383 g/mol. The Morgan fingerprint density at radius 2 is 1.89 bits per heavy atom. The first kappa shape index (κ1) is 20.6. The summed E-state index contributed by atoms with van der Waals surface area (Å²) in [6.07, 6.45) is 5.14. The van der Waals surface area contributed by atoms with E-state index in [2.05, 4.69) is 25.1 Å². The Bertz CT molecular complexity index is 827. The van der Waals surface area contributed by atoms with Gasteiger partial charge in [-0.25, -0.2) is 4.79 Å². The van der Waals surface area contributed by atoms with Crippen LogP contribution >= 0.6 is 0 Å². The molecular weight excluding hydrogens is 350 g/mol. The molecule has 0 bridgehead atoms. The molecule has 1 aliphatic heterocycles. The first-order valence-corrected chi connectivity index (χ1v) is 10.4. The molecule has 0 atom stereocenters. The predicted octanol–water partition coefficient (Wildman–Crippen LogP) is 5.07. The largest absolute Gasteiger partial charge is 0.444 e. The van der Waals surface area contributed by atoms with Crippen LogP contribution in [0.4, 0.5) is 4.79 Å². The number of hydrogen-bond acceptors (Lipinski definition) is 3. The van der Waals surface area contributed by atoms with Gasteiger partial charge in [0.25, 0.3) is 0 Å². The van der Waals surface area contributed by atoms with E-state index in [1.165, 1.54) is 27.8 Å². The van der Waals surface area contributed by atoms with Crippen LogP contribution in [0, 0.1) is 0 Å². The summed E-state index contributed by atoms with van der Waals surface area (Å²) in [7, 11) is 0. The Morgan fingerprint density at radius 3 is 2.46 bits per heavy atom. The molecule has 4 heteroatoms. The highest BCUT2D eigenvalue weighted by Gasteiger charge is 2.36. The number of amides is 1. The predicted molar refractivity (Wildman–Crippen MR) is 113 cm³/mol. The van der Waals surface area contributed by atoms with E-state index < -0.39 is 11.0 Å². The lowest BCUT2D eigenvalue weighted by molar-refractivity contribution is -0.124. The molecule has 1 aromatic rings. The van der Waals surface area contributed by atoms with Crippen molar-refractivity contribution in [2.75, 3.05) is 13.1 Å². The molecular formula is C24H33NO3. The number of benzene rings is 1. The SMILES string of the molecule is CCc1cc2c(cc1C1=CCN(C(=O)OC(C)(C)C)CC1)C(C)(C)C(=O)CC2. The van der Waals surface area contributed by atoms with Crippen molar-refractivity contribution in [2.45, 2.75) is 78.2 Å². The van der Waals surface area contributed by atoms with Crippen molar-refractivity contribution in [2.24, 2.45) is 0 Å². The highest BCUT2D eigenvalue weighted by atomic mass is 16.6. The van der Waals surface area contributed by atoms with Crippen LogP contribution in [0.25, 0.3) is 5.57 Å². The van der Waals surface area contributed by atoms with Crippen LogP contribution in [0.15, 0.2) is 18.2 Å². The number of hydrogen-bond donors (Lipinski definition) is 0. The second-order valence-corrected chi connectivity index (χ2v) is 9.47. The number of ketones is 1. The zero-order valence-corrected chi connectivity index (χ0v) is 18.1. The first-order valence-electron chi connectivity index (χ1n) is 10.4. The Labute approximate surface area is 168 Å². The maximum absolute atomic E-state index is 12.5. The number of Topliss-reactive ketones (excluding diaryl/α,β-unsaturated/α-hetero) is 1. The van der Waals surface area contributed by atoms with Crippen LogP contribution in [0.3, 0.4) is 0 Å². The number of carbonyl (C=O) groups is 2. The van der Waals surface area contributed by atoms with Gasteiger partial charge in [-0.1, -0.05) is 19.1 Å². The Hall–Kier alpha value is -2.10. The van der Waals surface area contributed by atoms with E-state index >= 15 is 0 Å². The summed E-state index contributed by atoms with van der Waals surface area (Å²) in [5.74, 6) is 0.323. The quantitative estimate of drug-likeness (QED) is 0.716. The highest BCUT2D eigenvalue weighted by Crippen LogP contribution is 2.38. The third-order valence-corrected chi connectivity index (χ3v) is 5.91. The third kappa shape index (κ3) is 4.01. The average molecular weight is 384 g/mol. The summed E-state index contributed by atoms with van der Waals surface area (Å²) < 4.78 is 5.50. The van der Waals surface area contributed by atoms with Crippen LogP contribution in [0.2, 0.25) is 0 Å². The summed E-state index contributed by atoms with van der Waals surface area (Å²) in [6.45, 7) is 13.2. The minimum absolute atomic E-state index is 0.254. The van der Waals surface area contributed by atoms with Crippen molar-refractivity contribution in [3.8, 4) is 0 Å². The topological polar surface area (TPSA) is 46.6 Å². The lowest BCUT2D eigenvalue weighted by Crippen LogP contribution is -2.39. The van der Waals surface area contributed by atoms with E-state index in [0.29, 0.717) is 25.3 Å². The normalized spacial score (nSPS) is 19.1. The van der Waals surface area contributed by atoms with Crippen molar-refractivity contribution in [3.05, 3.63) is 40.5 Å². The molecule has 3 rings (SSSR count). The summed E-state index contributed by atoms with van der Waals surface area (Å²) in [5, 5.41) is 0. The molecule has 0 saturated heterocycles. The summed E-state index contributed by atoms with van der Waals surface area (Å²) in [5.41, 5.74) is 5.44. The van der Waals surface area contributed by atoms with Gasteiger partial charge in [0.2, 0.25) is 0 Å². The average Bonchev–Trinajstić information content (AvgIpc) is 2.63. The van der Waals surface area contributed by atoms with Gasteiger partial charge in [-0.15, -0.1) is 0 Å². The molecule has 0 spiro atoms. The van der Waals surface area contributed by atoms with Gasteiger partial charge in [0, 0.05) is 24.9 Å². The minimum atomic E-state index is -0.479. The van der Waals surface area contributed by atoms with Crippen molar-refractivity contribution in [1.82, 2.24) is 4.90 Å². The Balaban J connectivity index is 1.89. The first-order chi connectivity index (χ1) is 13.0. The van der Waals surface area contributed by atoms with E-state index in [4.69, 9.17) is 4.74 Å². The third-order valence-electron chi connectivity index (χ3n) is 5.91. The van der Waals surface area contributed by atoms with Gasteiger partial charge in [0.15, 0.2) is 0 Å². The molecule has 0 aromatic heterocycles. The van der Waals surface area contributed by atoms with Gasteiger partial charge in [-0.3, -0.25) is 4.79 Å². The van der Waals surface area contributed by atoms with E-state index in [9.17, 15) is 9.59 Å². The van der Waals surface area contributed by atoms with Gasteiger partial charge in [0.1, 0.15) is 11.4 Å². The van der Waals surface area contributed by atoms with Gasteiger partial charge < -0.3 is 9.64 Å². The fourth-order valence-corrected chi connectivity index (χ4v) is 4.19. The lowest BCUT2D eigenvalue weighted by atomic mass is 9.70. The summed E-state index contributed by atoms with van der Waals surface area (Å²) in [6, 6.07) is 4.56. The van der Waals surface area contributed by atoms with Crippen molar-refractivity contribution >= 4 is 17.4 Å². The van der Waals surface area contributed by atoms with Gasteiger partial charge >= 0.3 is 6.09 Å². The standard InChI is InChI=1S/C24H33NO3/c1-7-16-14-18-8-9-21(26)24(5,6)20(18)15-19(16)17-10-12-25(13-11-17)22(27)28-23(2,3)4/h10,14-15H,7-9,11-13H2,1-6H3. The minimum Gasteiger partial charge on any atom is -0.444 e. The van der Waals surface area contributed by atoms with Crippen molar-refractivity contribution < 1.29 is 14.3 Å². The van der Waals surface area contributed by atoms with E-state index in [-0.39, 0.29) is 6.09 Å². The molecule has 0 fully saturated rings. The number of fused-ring (bicyclic) bond motifs is 1. The molecule has 0 N–H and O–H groups in total. The van der Waals surface area contributed by atoms with Gasteiger partial charge in [-0.05, 0) is 87.8 Å². The fraction of sp³-hybridized carbons (Fsp3) is 0.583. The summed E-state index contributed by atoms with van der Waals surface area (Å²) >= 11 is 0. The zero-order valence-electron chi connectivity index (χ0n) is 18.1. The Kier molecular flexibility index (Phi) is 5.44. The molecule has 0 saturated carbocycles. The molecule has 152 valence electrons. The molecule has 1 heterocycles. The van der Waals surface area contributed by atoms with E-state index in [1.807, 2.05) is 34.6 Å². The second kappa shape index (κ2) is 7.38. The fourth-order valence-electron chi connectivity index (χ4n) is 4.19. The van der Waals surface area contributed by atoms with Crippen molar-refractivity contribution in [1.29, 1.82) is 0 Å². The molecule has 1 amide bonds.